The van der Waals surface area contributed by atoms with Gasteiger partial charge in [0, 0.05) is 36.2 Å². The van der Waals surface area contributed by atoms with Crippen LogP contribution < -0.4 is 9.47 Å². The van der Waals surface area contributed by atoms with Crippen LogP contribution in [0.25, 0.3) is 16.7 Å². The zero-order valence-corrected chi connectivity index (χ0v) is 25.7. The fourth-order valence-electron chi connectivity index (χ4n) is 6.76. The van der Waals surface area contributed by atoms with Crippen molar-refractivity contribution >= 4 is 21.6 Å². The Morgan fingerprint density at radius 3 is 2.53 bits per heavy atom. The van der Waals surface area contributed by atoms with E-state index in [1.807, 2.05) is 30.3 Å². The van der Waals surface area contributed by atoms with Gasteiger partial charge in [-0.15, -0.1) is 0 Å². The minimum absolute atomic E-state index is 0.0573. The molecule has 0 saturated carbocycles. The number of benzene rings is 3. The number of aryl methyl sites for hydroxylation is 2. The zero-order chi connectivity index (χ0) is 30.5. The normalized spacial score (nSPS) is 19.8. The maximum absolute atomic E-state index is 15.4. The van der Waals surface area contributed by atoms with E-state index in [0.717, 1.165) is 44.5 Å². The molecule has 0 radical (unpaired) electrons. The van der Waals surface area contributed by atoms with E-state index < -0.39 is 16.1 Å². The molecular weight excluding hydrogens is 569 g/mol. The maximum Gasteiger partial charge on any atom is 0.306 e. The molecule has 43 heavy (non-hydrogen) atoms. The van der Waals surface area contributed by atoms with Crippen LogP contribution in [-0.4, -0.2) is 51.8 Å². The highest BCUT2D eigenvalue weighted by atomic mass is 32.2. The SMILES string of the molecule is COC(=O)C[C@@H]1COc2cc(O[C@@H]3CCc4c(-c5c(C)cc(C6=CCN(S(C)(=O)=O)CC6)cc5C)ccc(F)c43)ccc21. The predicted octanol–water partition coefficient (Wildman–Crippen LogP) is 6.26. The van der Waals surface area contributed by atoms with E-state index in [0.29, 0.717) is 56.0 Å². The topological polar surface area (TPSA) is 82.1 Å². The van der Waals surface area contributed by atoms with Gasteiger partial charge >= 0.3 is 5.97 Å². The number of hydrogen-bond donors (Lipinski definition) is 0. The summed E-state index contributed by atoms with van der Waals surface area (Å²) in [5.41, 5.74) is 9.06. The number of nitrogens with zero attached hydrogens (tertiary/aromatic N) is 1. The molecule has 0 saturated heterocycles. The molecule has 226 valence electrons. The lowest BCUT2D eigenvalue weighted by atomic mass is 9.87. The van der Waals surface area contributed by atoms with Crippen LogP contribution in [0.4, 0.5) is 4.39 Å². The lowest BCUT2D eigenvalue weighted by Crippen LogP contribution is -2.33. The smallest absolute Gasteiger partial charge is 0.306 e. The fraction of sp³-hybridized carbons (Fsp3) is 0.382. The largest absolute Gasteiger partial charge is 0.492 e. The van der Waals surface area contributed by atoms with E-state index in [1.54, 1.807) is 0 Å². The Kier molecular flexibility index (Phi) is 7.81. The molecule has 0 bridgehead atoms. The maximum atomic E-state index is 15.4. The van der Waals surface area contributed by atoms with Gasteiger partial charge in [0.25, 0.3) is 0 Å². The van der Waals surface area contributed by atoms with Gasteiger partial charge in [-0.2, -0.15) is 4.31 Å². The van der Waals surface area contributed by atoms with Crippen LogP contribution >= 0.6 is 0 Å². The summed E-state index contributed by atoms with van der Waals surface area (Å²) in [6, 6.07) is 13.3. The van der Waals surface area contributed by atoms with E-state index in [4.69, 9.17) is 14.2 Å². The molecule has 3 aromatic carbocycles. The second-order valence-corrected chi connectivity index (χ2v) is 13.7. The third-order valence-electron chi connectivity index (χ3n) is 8.88. The van der Waals surface area contributed by atoms with Crippen molar-refractivity contribution in [3.05, 3.63) is 87.7 Å². The van der Waals surface area contributed by atoms with E-state index in [1.165, 1.54) is 23.7 Å². The van der Waals surface area contributed by atoms with Crippen molar-refractivity contribution in [1.29, 1.82) is 0 Å². The molecule has 0 N–H and O–H groups in total. The molecule has 0 fully saturated rings. The second kappa shape index (κ2) is 11.4. The van der Waals surface area contributed by atoms with Gasteiger partial charge in [-0.25, -0.2) is 12.8 Å². The number of halogens is 1. The number of fused-ring (bicyclic) bond motifs is 2. The molecule has 0 unspecified atom stereocenters. The first kappa shape index (κ1) is 29.4. The highest BCUT2D eigenvalue weighted by Crippen LogP contribution is 2.45. The highest BCUT2D eigenvalue weighted by Gasteiger charge is 2.32. The van der Waals surface area contributed by atoms with E-state index in [9.17, 15) is 13.2 Å². The Hall–Kier alpha value is -3.69. The summed E-state index contributed by atoms with van der Waals surface area (Å²) >= 11 is 0. The minimum atomic E-state index is -3.21. The molecule has 7 nitrogen and oxygen atoms in total. The summed E-state index contributed by atoms with van der Waals surface area (Å²) in [5.74, 6) is 0.682. The van der Waals surface area contributed by atoms with Crippen molar-refractivity contribution in [3.63, 3.8) is 0 Å². The summed E-state index contributed by atoms with van der Waals surface area (Å²) in [5, 5.41) is 0. The van der Waals surface area contributed by atoms with E-state index in [-0.39, 0.29) is 24.1 Å². The first-order valence-electron chi connectivity index (χ1n) is 14.6. The molecular formula is C34H36FNO6S. The van der Waals surface area contributed by atoms with Crippen molar-refractivity contribution in [2.24, 2.45) is 0 Å². The second-order valence-electron chi connectivity index (χ2n) is 11.7. The van der Waals surface area contributed by atoms with Crippen molar-refractivity contribution in [2.75, 3.05) is 33.1 Å². The number of esters is 1. The number of methoxy groups -OCH3 is 1. The van der Waals surface area contributed by atoms with Crippen LogP contribution in [0.2, 0.25) is 0 Å². The van der Waals surface area contributed by atoms with Gasteiger partial charge in [0.15, 0.2) is 0 Å². The molecule has 1 aliphatic carbocycles. The lowest BCUT2D eigenvalue weighted by molar-refractivity contribution is -0.141. The Morgan fingerprint density at radius 2 is 1.86 bits per heavy atom. The molecule has 6 rings (SSSR count). The summed E-state index contributed by atoms with van der Waals surface area (Å²) in [4.78, 5) is 11.8. The first-order valence-corrected chi connectivity index (χ1v) is 16.5. The minimum Gasteiger partial charge on any atom is -0.492 e. The average molecular weight is 606 g/mol. The molecule has 2 atom stereocenters. The van der Waals surface area contributed by atoms with Crippen LogP contribution in [0.5, 0.6) is 11.5 Å². The van der Waals surface area contributed by atoms with Gasteiger partial charge in [-0.05, 0) is 84.2 Å². The summed E-state index contributed by atoms with van der Waals surface area (Å²) in [7, 11) is -1.83. The molecule has 0 amide bonds. The van der Waals surface area contributed by atoms with Crippen molar-refractivity contribution in [2.45, 2.75) is 51.6 Å². The Bertz CT molecular complexity index is 1720. The van der Waals surface area contributed by atoms with Crippen LogP contribution in [0.1, 0.15) is 64.7 Å². The van der Waals surface area contributed by atoms with Crippen molar-refractivity contribution < 1.29 is 31.8 Å². The number of ether oxygens (including phenoxy) is 3. The van der Waals surface area contributed by atoms with E-state index in [2.05, 4.69) is 26.0 Å². The Morgan fingerprint density at radius 1 is 1.09 bits per heavy atom. The summed E-state index contributed by atoms with van der Waals surface area (Å²) < 4.78 is 57.7. The molecule has 2 heterocycles. The van der Waals surface area contributed by atoms with Gasteiger partial charge in [-0.1, -0.05) is 30.3 Å². The highest BCUT2D eigenvalue weighted by molar-refractivity contribution is 7.88. The van der Waals surface area contributed by atoms with Gasteiger partial charge in [0.1, 0.15) is 23.4 Å². The average Bonchev–Trinajstić information content (AvgIpc) is 3.58. The van der Waals surface area contributed by atoms with Gasteiger partial charge in [0.05, 0.1) is 26.4 Å². The number of hydrogen-bond acceptors (Lipinski definition) is 6. The predicted molar refractivity (Wildman–Crippen MR) is 163 cm³/mol. The standard InChI is InChI=1S/C34H36FNO6S/c1-20-15-23(22-11-13-36(14-12-22)43(4,38)39)16-21(2)33(20)27-7-9-29(35)34-28(27)8-10-30(34)42-25-5-6-26-24(17-32(37)40-3)19-41-31(26)18-25/h5-7,9,11,15-16,18,24,30H,8,10,12-14,17,19H2,1-4H3/t24-,30-/m1/s1. The number of sulfonamides is 1. The number of carbonyl (C=O) groups excluding carboxylic acids is 1. The Balaban J connectivity index is 1.25. The molecule has 3 aromatic rings. The van der Waals surface area contributed by atoms with Gasteiger partial charge in [-0.3, -0.25) is 4.79 Å². The Labute approximate surface area is 252 Å². The molecule has 9 heteroatoms. The van der Waals surface area contributed by atoms with Crippen LogP contribution in [0.3, 0.4) is 0 Å². The number of rotatable bonds is 7. The monoisotopic (exact) mass is 605 g/mol. The summed E-state index contributed by atoms with van der Waals surface area (Å²) in [6.45, 7) is 5.42. The fourth-order valence-corrected chi connectivity index (χ4v) is 7.53. The third-order valence-corrected chi connectivity index (χ3v) is 10.1. The third kappa shape index (κ3) is 5.68. The molecule has 0 aromatic heterocycles. The molecule has 2 aliphatic heterocycles. The van der Waals surface area contributed by atoms with Gasteiger partial charge < -0.3 is 14.2 Å². The van der Waals surface area contributed by atoms with Crippen molar-refractivity contribution in [1.82, 2.24) is 4.31 Å². The molecule has 3 aliphatic rings. The lowest BCUT2D eigenvalue weighted by Gasteiger charge is -2.25. The van der Waals surface area contributed by atoms with Crippen LogP contribution in [0.15, 0.2) is 48.5 Å². The van der Waals surface area contributed by atoms with Crippen LogP contribution in [0, 0.1) is 19.7 Å². The van der Waals surface area contributed by atoms with E-state index >= 15 is 4.39 Å². The summed E-state index contributed by atoms with van der Waals surface area (Å²) in [6.07, 6.45) is 5.09. The zero-order valence-electron chi connectivity index (χ0n) is 24.9. The molecule has 0 spiro atoms. The number of carbonyl (C=O) groups is 1. The van der Waals surface area contributed by atoms with Gasteiger partial charge in [0.2, 0.25) is 10.0 Å². The van der Waals surface area contributed by atoms with Crippen molar-refractivity contribution in [3.8, 4) is 22.6 Å². The van der Waals surface area contributed by atoms with Crippen LogP contribution in [-0.2, 0) is 26.0 Å². The first-order chi connectivity index (χ1) is 20.5. The quantitative estimate of drug-likeness (QED) is 0.296.